The molecule has 2 atom stereocenters. The van der Waals surface area contributed by atoms with Crippen LogP contribution >= 0.6 is 11.6 Å². The zero-order valence-corrected chi connectivity index (χ0v) is 9.50. The van der Waals surface area contributed by atoms with Gasteiger partial charge in [0, 0.05) is 0 Å². The molecule has 0 fully saturated rings. The van der Waals surface area contributed by atoms with E-state index in [0.29, 0.717) is 5.56 Å². The Morgan fingerprint density at radius 3 is 2.47 bits per heavy atom. The van der Waals surface area contributed by atoms with E-state index in [1.807, 2.05) is 13.8 Å². The third-order valence-electron chi connectivity index (χ3n) is 2.38. The van der Waals surface area contributed by atoms with E-state index in [4.69, 9.17) is 17.3 Å². The fourth-order valence-corrected chi connectivity index (χ4v) is 1.52. The van der Waals surface area contributed by atoms with E-state index in [-0.39, 0.29) is 10.9 Å². The van der Waals surface area contributed by atoms with Crippen molar-refractivity contribution in [3.05, 3.63) is 34.6 Å². The molecule has 0 aliphatic heterocycles. The summed E-state index contributed by atoms with van der Waals surface area (Å²) in [4.78, 5) is 0. The van der Waals surface area contributed by atoms with Gasteiger partial charge in [0.2, 0.25) is 0 Å². The van der Waals surface area contributed by atoms with Gasteiger partial charge in [0.25, 0.3) is 0 Å². The highest BCUT2D eigenvalue weighted by molar-refractivity contribution is 6.30. The SMILES string of the molecule is CC(C)[C@H](O)[C@H](N)c1ccc(F)c(Cl)c1. The molecule has 84 valence electrons. The van der Waals surface area contributed by atoms with Crippen molar-refractivity contribution in [1.29, 1.82) is 0 Å². The average Bonchev–Trinajstić information content (AvgIpc) is 2.19. The molecule has 0 aliphatic rings. The molecule has 0 unspecified atom stereocenters. The van der Waals surface area contributed by atoms with E-state index in [1.165, 1.54) is 18.2 Å². The molecule has 2 nitrogen and oxygen atoms in total. The minimum atomic E-state index is -0.661. The van der Waals surface area contributed by atoms with E-state index in [2.05, 4.69) is 0 Å². The van der Waals surface area contributed by atoms with Crippen LogP contribution < -0.4 is 5.73 Å². The molecule has 0 spiro atoms. The van der Waals surface area contributed by atoms with Crippen LogP contribution in [-0.2, 0) is 0 Å². The molecule has 1 aromatic rings. The van der Waals surface area contributed by atoms with Gasteiger partial charge in [-0.3, -0.25) is 0 Å². The summed E-state index contributed by atoms with van der Waals surface area (Å²) >= 11 is 5.63. The highest BCUT2D eigenvalue weighted by Crippen LogP contribution is 2.23. The Labute approximate surface area is 93.9 Å². The summed E-state index contributed by atoms with van der Waals surface area (Å²) in [5.41, 5.74) is 6.47. The predicted octanol–water partition coefficient (Wildman–Crippen LogP) is 2.50. The normalized spacial score (nSPS) is 15.4. The van der Waals surface area contributed by atoms with E-state index >= 15 is 0 Å². The molecule has 1 rings (SSSR count). The topological polar surface area (TPSA) is 46.2 Å². The minimum Gasteiger partial charge on any atom is -0.391 e. The number of aliphatic hydroxyl groups excluding tert-OH is 1. The van der Waals surface area contributed by atoms with E-state index in [9.17, 15) is 9.50 Å². The zero-order valence-electron chi connectivity index (χ0n) is 8.74. The van der Waals surface area contributed by atoms with Crippen molar-refractivity contribution < 1.29 is 9.50 Å². The summed E-state index contributed by atoms with van der Waals surface area (Å²) in [5, 5.41) is 9.77. The van der Waals surface area contributed by atoms with Crippen LogP contribution in [0.25, 0.3) is 0 Å². The van der Waals surface area contributed by atoms with Crippen LogP contribution in [0, 0.1) is 11.7 Å². The highest BCUT2D eigenvalue weighted by Gasteiger charge is 2.20. The van der Waals surface area contributed by atoms with Crippen LogP contribution in [0.3, 0.4) is 0 Å². The maximum absolute atomic E-state index is 12.9. The molecule has 0 saturated carbocycles. The largest absolute Gasteiger partial charge is 0.391 e. The van der Waals surface area contributed by atoms with Crippen molar-refractivity contribution in [3.63, 3.8) is 0 Å². The molecule has 0 bridgehead atoms. The van der Waals surface area contributed by atoms with Gasteiger partial charge in [-0.2, -0.15) is 0 Å². The summed E-state index contributed by atoms with van der Waals surface area (Å²) in [6.45, 7) is 3.74. The molecule has 1 aromatic carbocycles. The summed E-state index contributed by atoms with van der Waals surface area (Å²) in [6, 6.07) is 3.71. The monoisotopic (exact) mass is 231 g/mol. The number of halogens is 2. The molecule has 0 radical (unpaired) electrons. The summed E-state index contributed by atoms with van der Waals surface area (Å²) in [6.07, 6.45) is -0.661. The summed E-state index contributed by atoms with van der Waals surface area (Å²) in [7, 11) is 0. The Hall–Kier alpha value is -0.640. The van der Waals surface area contributed by atoms with Gasteiger partial charge < -0.3 is 10.8 Å². The van der Waals surface area contributed by atoms with Crippen LogP contribution in [0.5, 0.6) is 0 Å². The highest BCUT2D eigenvalue weighted by atomic mass is 35.5. The fourth-order valence-electron chi connectivity index (χ4n) is 1.33. The number of hydrogen-bond acceptors (Lipinski definition) is 2. The Balaban J connectivity index is 2.91. The number of nitrogens with two attached hydrogens (primary N) is 1. The molecule has 0 heterocycles. The summed E-state index contributed by atoms with van der Waals surface area (Å²) in [5.74, 6) is -0.435. The summed E-state index contributed by atoms with van der Waals surface area (Å²) < 4.78 is 12.9. The van der Waals surface area contributed by atoms with Gasteiger partial charge >= 0.3 is 0 Å². The van der Waals surface area contributed by atoms with Crippen LogP contribution in [0.15, 0.2) is 18.2 Å². The lowest BCUT2D eigenvalue weighted by atomic mass is 9.94. The molecule has 0 amide bonds. The quantitative estimate of drug-likeness (QED) is 0.840. The maximum Gasteiger partial charge on any atom is 0.141 e. The second kappa shape index (κ2) is 4.92. The van der Waals surface area contributed by atoms with Gasteiger partial charge in [-0.15, -0.1) is 0 Å². The van der Waals surface area contributed by atoms with E-state index in [0.717, 1.165) is 0 Å². The molecule has 15 heavy (non-hydrogen) atoms. The number of aliphatic hydroxyl groups is 1. The average molecular weight is 232 g/mol. The first-order valence-electron chi connectivity index (χ1n) is 4.82. The van der Waals surface area contributed by atoms with Gasteiger partial charge in [0.05, 0.1) is 17.2 Å². The molecular weight excluding hydrogens is 217 g/mol. The van der Waals surface area contributed by atoms with Crippen molar-refractivity contribution in [1.82, 2.24) is 0 Å². The van der Waals surface area contributed by atoms with Crippen LogP contribution in [0.1, 0.15) is 25.5 Å². The lowest BCUT2D eigenvalue weighted by Gasteiger charge is -2.22. The van der Waals surface area contributed by atoms with Crippen molar-refractivity contribution in [2.75, 3.05) is 0 Å². The molecule has 3 N–H and O–H groups in total. The molecule has 0 aromatic heterocycles. The van der Waals surface area contributed by atoms with Crippen LogP contribution in [0.2, 0.25) is 5.02 Å². The smallest absolute Gasteiger partial charge is 0.141 e. The van der Waals surface area contributed by atoms with Crippen molar-refractivity contribution in [2.45, 2.75) is 26.0 Å². The number of rotatable bonds is 3. The van der Waals surface area contributed by atoms with Gasteiger partial charge in [-0.1, -0.05) is 31.5 Å². The molecule has 0 aliphatic carbocycles. The zero-order chi connectivity index (χ0) is 11.6. The Morgan fingerprint density at radius 2 is 2.00 bits per heavy atom. The minimum absolute atomic E-state index is 0.0268. The standard InChI is InChI=1S/C11H15ClFNO/c1-6(2)11(15)10(14)7-3-4-9(13)8(12)5-7/h3-6,10-11,15H,14H2,1-2H3/t10-,11+/m1/s1. The van der Waals surface area contributed by atoms with E-state index < -0.39 is 18.0 Å². The first-order valence-corrected chi connectivity index (χ1v) is 5.20. The van der Waals surface area contributed by atoms with Crippen molar-refractivity contribution in [2.24, 2.45) is 11.7 Å². The second-order valence-electron chi connectivity index (χ2n) is 3.93. The first-order chi connectivity index (χ1) is 6.93. The number of hydrogen-bond donors (Lipinski definition) is 2. The molecular formula is C11H15ClFNO. The Kier molecular flexibility index (Phi) is 4.08. The molecule has 4 heteroatoms. The van der Waals surface area contributed by atoms with Gasteiger partial charge in [0.15, 0.2) is 0 Å². The van der Waals surface area contributed by atoms with Crippen molar-refractivity contribution in [3.8, 4) is 0 Å². The van der Waals surface area contributed by atoms with E-state index in [1.54, 1.807) is 0 Å². The maximum atomic E-state index is 12.9. The van der Waals surface area contributed by atoms with Gasteiger partial charge in [0.1, 0.15) is 5.82 Å². The Morgan fingerprint density at radius 1 is 1.40 bits per heavy atom. The first kappa shape index (κ1) is 12.4. The second-order valence-corrected chi connectivity index (χ2v) is 4.34. The van der Waals surface area contributed by atoms with Crippen molar-refractivity contribution >= 4 is 11.6 Å². The van der Waals surface area contributed by atoms with Gasteiger partial charge in [-0.25, -0.2) is 4.39 Å². The lowest BCUT2D eigenvalue weighted by Crippen LogP contribution is -2.30. The predicted molar refractivity (Wildman–Crippen MR) is 59.2 cm³/mol. The number of benzene rings is 1. The third-order valence-corrected chi connectivity index (χ3v) is 2.67. The van der Waals surface area contributed by atoms with Gasteiger partial charge in [-0.05, 0) is 23.6 Å². The lowest BCUT2D eigenvalue weighted by molar-refractivity contribution is 0.0979. The fraction of sp³-hybridized carbons (Fsp3) is 0.455. The Bertz CT molecular complexity index is 343. The third kappa shape index (κ3) is 2.91. The van der Waals surface area contributed by atoms with Crippen LogP contribution in [0.4, 0.5) is 4.39 Å². The molecule has 0 saturated heterocycles. The van der Waals surface area contributed by atoms with Crippen LogP contribution in [-0.4, -0.2) is 11.2 Å².